The Bertz CT molecular complexity index is 434. The zero-order valence-electron chi connectivity index (χ0n) is 11.3. The molecule has 1 aromatic rings. The van der Waals surface area contributed by atoms with Crippen LogP contribution in [-0.2, 0) is 4.74 Å². The van der Waals surface area contributed by atoms with Crippen molar-refractivity contribution in [1.82, 2.24) is 4.98 Å². The first kappa shape index (κ1) is 14.8. The number of hydrogen-bond acceptors (Lipinski definition) is 5. The van der Waals surface area contributed by atoms with Gasteiger partial charge in [0, 0.05) is 25.1 Å². The molecule has 2 rings (SSSR count). The average Bonchev–Trinajstić information content (AvgIpc) is 3.17. The summed E-state index contributed by atoms with van der Waals surface area (Å²) >= 11 is 7.07. The third-order valence-electron chi connectivity index (χ3n) is 3.48. The minimum absolute atomic E-state index is 0.0145. The third-order valence-corrected chi connectivity index (χ3v) is 4.60. The Balaban J connectivity index is 2.12. The number of rotatable bonds is 8. The van der Waals surface area contributed by atoms with Crippen LogP contribution >= 0.6 is 22.9 Å². The SMILES string of the molecule is COCCN(c1nc(C(=O)CCl)cs1)C(C)C1CC1. The van der Waals surface area contributed by atoms with E-state index in [-0.39, 0.29) is 11.7 Å². The van der Waals surface area contributed by atoms with E-state index in [0.29, 0.717) is 18.3 Å². The van der Waals surface area contributed by atoms with Crippen LogP contribution in [0.25, 0.3) is 0 Å². The van der Waals surface area contributed by atoms with E-state index in [0.717, 1.165) is 17.6 Å². The molecule has 19 heavy (non-hydrogen) atoms. The smallest absolute Gasteiger partial charge is 0.196 e. The number of carbonyl (C=O) groups is 1. The van der Waals surface area contributed by atoms with Crippen molar-refractivity contribution in [3.8, 4) is 0 Å². The lowest BCUT2D eigenvalue weighted by molar-refractivity contribution is 0.101. The molecule has 0 bridgehead atoms. The van der Waals surface area contributed by atoms with Crippen LogP contribution < -0.4 is 4.90 Å². The van der Waals surface area contributed by atoms with Gasteiger partial charge in [0.15, 0.2) is 10.9 Å². The second kappa shape index (κ2) is 6.68. The summed E-state index contributed by atoms with van der Waals surface area (Å²) in [7, 11) is 1.70. The number of halogens is 1. The Labute approximate surface area is 122 Å². The molecule has 106 valence electrons. The highest BCUT2D eigenvalue weighted by Crippen LogP contribution is 2.37. The maximum absolute atomic E-state index is 11.5. The maximum atomic E-state index is 11.5. The number of nitrogens with zero attached hydrogens (tertiary/aromatic N) is 2. The van der Waals surface area contributed by atoms with Gasteiger partial charge < -0.3 is 9.64 Å². The Morgan fingerprint density at radius 1 is 1.68 bits per heavy atom. The van der Waals surface area contributed by atoms with Gasteiger partial charge >= 0.3 is 0 Å². The standard InChI is InChI=1S/C13H19ClN2O2S/c1-9(10-3-4-10)16(5-6-18-2)13-15-11(8-19-13)12(17)7-14/h8-10H,3-7H2,1-2H3. The van der Waals surface area contributed by atoms with Gasteiger partial charge in [0.25, 0.3) is 0 Å². The summed E-state index contributed by atoms with van der Waals surface area (Å²) in [5.74, 6) is 0.613. The van der Waals surface area contributed by atoms with Crippen molar-refractivity contribution in [2.45, 2.75) is 25.8 Å². The van der Waals surface area contributed by atoms with Gasteiger partial charge in [0.2, 0.25) is 0 Å². The second-order valence-corrected chi connectivity index (χ2v) is 5.94. The van der Waals surface area contributed by atoms with Gasteiger partial charge in [-0.3, -0.25) is 4.79 Å². The Kier molecular flexibility index (Phi) is 5.19. The molecule has 1 saturated carbocycles. The Morgan fingerprint density at radius 2 is 2.42 bits per heavy atom. The van der Waals surface area contributed by atoms with Crippen molar-refractivity contribution in [3.05, 3.63) is 11.1 Å². The number of methoxy groups -OCH3 is 1. The number of ketones is 1. The van der Waals surface area contributed by atoms with Gasteiger partial charge in [-0.25, -0.2) is 4.98 Å². The minimum Gasteiger partial charge on any atom is -0.383 e. The first-order valence-electron chi connectivity index (χ1n) is 6.47. The van der Waals surface area contributed by atoms with E-state index >= 15 is 0 Å². The first-order valence-corrected chi connectivity index (χ1v) is 7.89. The summed E-state index contributed by atoms with van der Waals surface area (Å²) in [4.78, 5) is 18.2. The van der Waals surface area contributed by atoms with E-state index in [1.54, 1.807) is 12.5 Å². The van der Waals surface area contributed by atoms with Crippen molar-refractivity contribution in [3.63, 3.8) is 0 Å². The van der Waals surface area contributed by atoms with Crippen LogP contribution in [0.1, 0.15) is 30.3 Å². The number of aromatic nitrogens is 1. The van der Waals surface area contributed by atoms with E-state index in [4.69, 9.17) is 16.3 Å². The number of Topliss-reactive ketones (excluding diaryl/α,β-unsaturated/α-hetero) is 1. The van der Waals surface area contributed by atoms with Crippen LogP contribution in [0.5, 0.6) is 0 Å². The van der Waals surface area contributed by atoms with Gasteiger partial charge in [-0.15, -0.1) is 22.9 Å². The van der Waals surface area contributed by atoms with E-state index < -0.39 is 0 Å². The third kappa shape index (κ3) is 3.68. The summed E-state index contributed by atoms with van der Waals surface area (Å²) < 4.78 is 5.17. The summed E-state index contributed by atoms with van der Waals surface area (Å²) in [5.41, 5.74) is 0.473. The molecule has 4 nitrogen and oxygen atoms in total. The minimum atomic E-state index is -0.116. The molecule has 1 fully saturated rings. The van der Waals surface area contributed by atoms with Gasteiger partial charge in [-0.2, -0.15) is 0 Å². The molecule has 0 radical (unpaired) electrons. The van der Waals surface area contributed by atoms with E-state index in [9.17, 15) is 4.79 Å². The number of anilines is 1. The monoisotopic (exact) mass is 302 g/mol. The lowest BCUT2D eigenvalue weighted by atomic mass is 10.2. The Morgan fingerprint density at radius 3 is 3.00 bits per heavy atom. The molecule has 1 aromatic heterocycles. The highest BCUT2D eigenvalue weighted by Gasteiger charge is 2.33. The average molecular weight is 303 g/mol. The molecule has 1 unspecified atom stereocenters. The molecule has 0 spiro atoms. The number of thiazole rings is 1. The van der Waals surface area contributed by atoms with Crippen molar-refractivity contribution < 1.29 is 9.53 Å². The van der Waals surface area contributed by atoms with Crippen LogP contribution in [0.3, 0.4) is 0 Å². The molecular formula is C13H19ClN2O2S. The largest absolute Gasteiger partial charge is 0.383 e. The molecule has 0 aliphatic heterocycles. The number of hydrogen-bond donors (Lipinski definition) is 0. The molecule has 1 aliphatic carbocycles. The predicted octanol–water partition coefficient (Wildman–Crippen LogP) is 2.82. The van der Waals surface area contributed by atoms with Crippen molar-refractivity contribution in [1.29, 1.82) is 0 Å². The fourth-order valence-electron chi connectivity index (χ4n) is 2.09. The molecule has 0 aromatic carbocycles. The molecule has 1 atom stereocenters. The van der Waals surface area contributed by atoms with Gasteiger partial charge in [-0.1, -0.05) is 0 Å². The first-order chi connectivity index (χ1) is 9.17. The number of alkyl halides is 1. The maximum Gasteiger partial charge on any atom is 0.196 e. The summed E-state index contributed by atoms with van der Waals surface area (Å²) in [6.07, 6.45) is 2.56. The van der Waals surface area contributed by atoms with Gasteiger partial charge in [-0.05, 0) is 25.7 Å². The van der Waals surface area contributed by atoms with Crippen molar-refractivity contribution in [2.24, 2.45) is 5.92 Å². The van der Waals surface area contributed by atoms with Crippen LogP contribution in [0.4, 0.5) is 5.13 Å². The predicted molar refractivity (Wildman–Crippen MR) is 78.6 cm³/mol. The zero-order valence-corrected chi connectivity index (χ0v) is 12.8. The molecular weight excluding hydrogens is 284 g/mol. The Hall–Kier alpha value is -0.650. The zero-order chi connectivity index (χ0) is 13.8. The normalized spacial score (nSPS) is 16.4. The van der Waals surface area contributed by atoms with Crippen LogP contribution in [0.2, 0.25) is 0 Å². The van der Waals surface area contributed by atoms with Gasteiger partial charge in [0.05, 0.1) is 12.5 Å². The van der Waals surface area contributed by atoms with E-state index in [1.165, 1.54) is 24.2 Å². The summed E-state index contributed by atoms with van der Waals surface area (Å²) in [6.45, 7) is 3.68. The summed E-state index contributed by atoms with van der Waals surface area (Å²) in [5, 5.41) is 2.68. The molecule has 0 saturated heterocycles. The van der Waals surface area contributed by atoms with Crippen LogP contribution in [-0.4, -0.2) is 43.0 Å². The highest BCUT2D eigenvalue weighted by molar-refractivity contribution is 7.14. The lowest BCUT2D eigenvalue weighted by Gasteiger charge is -2.28. The number of ether oxygens (including phenoxy) is 1. The van der Waals surface area contributed by atoms with Crippen molar-refractivity contribution in [2.75, 3.05) is 31.0 Å². The summed E-state index contributed by atoms with van der Waals surface area (Å²) in [6, 6.07) is 0.445. The molecule has 1 aliphatic rings. The van der Waals surface area contributed by atoms with E-state index in [2.05, 4.69) is 16.8 Å². The number of carbonyl (C=O) groups excluding carboxylic acids is 1. The lowest BCUT2D eigenvalue weighted by Crippen LogP contribution is -2.37. The van der Waals surface area contributed by atoms with Gasteiger partial charge in [0.1, 0.15) is 5.69 Å². The van der Waals surface area contributed by atoms with Crippen LogP contribution in [0, 0.1) is 5.92 Å². The molecule has 0 N–H and O–H groups in total. The molecule has 0 amide bonds. The quantitative estimate of drug-likeness (QED) is 0.547. The second-order valence-electron chi connectivity index (χ2n) is 4.84. The fraction of sp³-hybridized carbons (Fsp3) is 0.692. The van der Waals surface area contributed by atoms with Crippen LogP contribution in [0.15, 0.2) is 5.38 Å². The van der Waals surface area contributed by atoms with E-state index in [1.807, 2.05) is 0 Å². The fourth-order valence-corrected chi connectivity index (χ4v) is 3.17. The molecule has 6 heteroatoms. The topological polar surface area (TPSA) is 42.4 Å². The highest BCUT2D eigenvalue weighted by atomic mass is 35.5. The molecule has 1 heterocycles. The van der Waals surface area contributed by atoms with Crippen molar-refractivity contribution >= 4 is 33.9 Å².